The Morgan fingerprint density at radius 3 is 2.90 bits per heavy atom. The van der Waals surface area contributed by atoms with Gasteiger partial charge in [-0.25, -0.2) is 0 Å². The van der Waals surface area contributed by atoms with Crippen molar-refractivity contribution in [3.8, 4) is 5.75 Å². The molecular weight excluding hydrogens is 274 g/mol. The molecule has 1 aromatic carbocycles. The normalized spacial score (nSPS) is 20.1. The minimum atomic E-state index is -0.313. The topological polar surface area (TPSA) is 85.2 Å². The van der Waals surface area contributed by atoms with E-state index in [1.807, 2.05) is 23.9 Å². The maximum atomic E-state index is 9.26. The molecule has 1 aliphatic rings. The molecule has 2 heterocycles. The summed E-state index contributed by atoms with van der Waals surface area (Å²) >= 11 is 1.87. The smallest absolute Gasteiger partial charge is 0.243 e. The van der Waals surface area contributed by atoms with Gasteiger partial charge in [-0.05, 0) is 42.7 Å². The molecule has 0 aliphatic carbocycles. The molecule has 1 saturated heterocycles. The monoisotopic (exact) mass is 291 g/mol. The SMILES string of the molecule is N[C@@H](Cc1ccc(O)cc1)c1nc(C2CCCS2)no1. The van der Waals surface area contributed by atoms with E-state index in [-0.39, 0.29) is 11.8 Å². The molecule has 3 N–H and O–H groups in total. The lowest BCUT2D eigenvalue weighted by atomic mass is 10.1. The van der Waals surface area contributed by atoms with Crippen LogP contribution in [0.3, 0.4) is 0 Å². The third kappa shape index (κ3) is 2.96. The number of rotatable bonds is 4. The molecule has 1 aliphatic heterocycles. The Labute approximate surface area is 121 Å². The van der Waals surface area contributed by atoms with E-state index >= 15 is 0 Å². The van der Waals surface area contributed by atoms with Crippen molar-refractivity contribution >= 4 is 11.8 Å². The lowest BCUT2D eigenvalue weighted by Gasteiger charge is -2.06. The molecule has 3 rings (SSSR count). The van der Waals surface area contributed by atoms with Crippen molar-refractivity contribution in [2.45, 2.75) is 30.6 Å². The zero-order chi connectivity index (χ0) is 13.9. The average Bonchev–Trinajstić information content (AvgIpc) is 3.11. The van der Waals surface area contributed by atoms with Crippen LogP contribution in [0.15, 0.2) is 28.8 Å². The van der Waals surface area contributed by atoms with Crippen LogP contribution in [-0.4, -0.2) is 21.0 Å². The molecule has 20 heavy (non-hydrogen) atoms. The number of aromatic hydroxyl groups is 1. The maximum Gasteiger partial charge on any atom is 0.243 e. The van der Waals surface area contributed by atoms with Gasteiger partial charge in [0.1, 0.15) is 5.75 Å². The fourth-order valence-electron chi connectivity index (χ4n) is 2.28. The van der Waals surface area contributed by atoms with Crippen molar-refractivity contribution in [1.29, 1.82) is 0 Å². The number of phenols is 1. The fourth-order valence-corrected chi connectivity index (χ4v) is 3.48. The third-order valence-corrected chi connectivity index (χ3v) is 4.76. The van der Waals surface area contributed by atoms with Gasteiger partial charge in [-0.3, -0.25) is 0 Å². The van der Waals surface area contributed by atoms with Crippen molar-refractivity contribution in [3.63, 3.8) is 0 Å². The molecular formula is C14H17N3O2S. The van der Waals surface area contributed by atoms with Gasteiger partial charge < -0.3 is 15.4 Å². The third-order valence-electron chi connectivity index (χ3n) is 3.38. The van der Waals surface area contributed by atoms with Crippen molar-refractivity contribution in [2.75, 3.05) is 5.75 Å². The highest BCUT2D eigenvalue weighted by Crippen LogP contribution is 2.38. The number of hydrogen-bond acceptors (Lipinski definition) is 6. The average molecular weight is 291 g/mol. The lowest BCUT2D eigenvalue weighted by molar-refractivity contribution is 0.350. The van der Waals surface area contributed by atoms with Crippen LogP contribution in [0.4, 0.5) is 0 Å². The summed E-state index contributed by atoms with van der Waals surface area (Å²) in [5, 5.41) is 13.7. The van der Waals surface area contributed by atoms with Gasteiger partial charge in [0.25, 0.3) is 0 Å². The van der Waals surface area contributed by atoms with Crippen LogP contribution in [-0.2, 0) is 6.42 Å². The standard InChI is InChI=1S/C14H17N3O2S/c15-11(8-9-3-5-10(18)6-4-9)14-16-13(17-19-14)12-2-1-7-20-12/h3-6,11-12,18H,1-2,7-8,15H2/t11-,12?/m0/s1. The van der Waals surface area contributed by atoms with E-state index < -0.39 is 0 Å². The first-order chi connectivity index (χ1) is 9.72. The van der Waals surface area contributed by atoms with Gasteiger partial charge in [0.05, 0.1) is 11.3 Å². The zero-order valence-corrected chi connectivity index (χ0v) is 11.8. The summed E-state index contributed by atoms with van der Waals surface area (Å²) in [4.78, 5) is 4.43. The summed E-state index contributed by atoms with van der Waals surface area (Å²) in [6.45, 7) is 0. The summed E-state index contributed by atoms with van der Waals surface area (Å²) in [6.07, 6.45) is 2.93. The summed E-state index contributed by atoms with van der Waals surface area (Å²) in [5.41, 5.74) is 7.14. The molecule has 1 aromatic heterocycles. The van der Waals surface area contributed by atoms with E-state index in [9.17, 15) is 5.11 Å². The van der Waals surface area contributed by atoms with E-state index in [2.05, 4.69) is 10.1 Å². The molecule has 5 nitrogen and oxygen atoms in total. The first-order valence-corrected chi connectivity index (χ1v) is 7.76. The van der Waals surface area contributed by atoms with E-state index in [0.29, 0.717) is 17.6 Å². The molecule has 6 heteroatoms. The second-order valence-corrected chi connectivity index (χ2v) is 6.28. The number of nitrogens with two attached hydrogens (primary N) is 1. The molecule has 0 bridgehead atoms. The quantitative estimate of drug-likeness (QED) is 0.900. The Morgan fingerprint density at radius 1 is 1.40 bits per heavy atom. The van der Waals surface area contributed by atoms with Crippen molar-refractivity contribution in [3.05, 3.63) is 41.5 Å². The minimum Gasteiger partial charge on any atom is -0.508 e. The van der Waals surface area contributed by atoms with Gasteiger partial charge in [0, 0.05) is 0 Å². The summed E-state index contributed by atoms with van der Waals surface area (Å²) in [7, 11) is 0. The molecule has 0 radical (unpaired) electrons. The molecule has 0 saturated carbocycles. The number of aromatic nitrogens is 2. The van der Waals surface area contributed by atoms with Gasteiger partial charge in [0.15, 0.2) is 5.82 Å². The Balaban J connectivity index is 1.67. The highest BCUT2D eigenvalue weighted by molar-refractivity contribution is 7.99. The predicted octanol–water partition coefficient (Wildman–Crippen LogP) is 2.59. The predicted molar refractivity (Wildman–Crippen MR) is 77.5 cm³/mol. The van der Waals surface area contributed by atoms with E-state index in [1.54, 1.807) is 12.1 Å². The van der Waals surface area contributed by atoms with Crippen LogP contribution in [0.25, 0.3) is 0 Å². The zero-order valence-electron chi connectivity index (χ0n) is 11.0. The minimum absolute atomic E-state index is 0.251. The van der Waals surface area contributed by atoms with Crippen LogP contribution >= 0.6 is 11.8 Å². The van der Waals surface area contributed by atoms with Crippen LogP contribution in [0.1, 0.15) is 41.4 Å². The molecule has 2 atom stereocenters. The largest absolute Gasteiger partial charge is 0.508 e. The molecule has 2 aromatic rings. The van der Waals surface area contributed by atoms with Gasteiger partial charge >= 0.3 is 0 Å². The summed E-state index contributed by atoms with van der Waals surface area (Å²) in [6, 6.07) is 6.68. The second kappa shape index (κ2) is 5.85. The van der Waals surface area contributed by atoms with Crippen LogP contribution in [0, 0.1) is 0 Å². The Hall–Kier alpha value is -1.53. The van der Waals surface area contributed by atoms with E-state index in [4.69, 9.17) is 10.3 Å². The molecule has 106 valence electrons. The Bertz CT molecular complexity index is 564. The first-order valence-electron chi connectivity index (χ1n) is 6.71. The van der Waals surface area contributed by atoms with Crippen LogP contribution in [0.2, 0.25) is 0 Å². The van der Waals surface area contributed by atoms with Crippen molar-refractivity contribution in [1.82, 2.24) is 10.1 Å². The summed E-state index contributed by atoms with van der Waals surface area (Å²) < 4.78 is 5.29. The second-order valence-electron chi connectivity index (χ2n) is 4.97. The molecule has 0 spiro atoms. The fraction of sp³-hybridized carbons (Fsp3) is 0.429. The van der Waals surface area contributed by atoms with Crippen molar-refractivity contribution < 1.29 is 9.63 Å². The van der Waals surface area contributed by atoms with E-state index in [0.717, 1.165) is 23.6 Å². The molecule has 1 unspecified atom stereocenters. The summed E-state index contributed by atoms with van der Waals surface area (Å²) in [5.74, 6) is 2.67. The lowest BCUT2D eigenvalue weighted by Crippen LogP contribution is -2.13. The Kier molecular flexibility index (Phi) is 3.93. The van der Waals surface area contributed by atoms with Crippen molar-refractivity contribution in [2.24, 2.45) is 5.73 Å². The number of phenolic OH excluding ortho intramolecular Hbond substituents is 1. The number of benzene rings is 1. The number of hydrogen-bond donors (Lipinski definition) is 2. The van der Waals surface area contributed by atoms with Crippen LogP contribution < -0.4 is 5.73 Å². The Morgan fingerprint density at radius 2 is 2.20 bits per heavy atom. The maximum absolute atomic E-state index is 9.26. The first kappa shape index (κ1) is 13.5. The molecule has 0 amide bonds. The van der Waals surface area contributed by atoms with Gasteiger partial charge in [-0.2, -0.15) is 16.7 Å². The van der Waals surface area contributed by atoms with E-state index in [1.165, 1.54) is 6.42 Å². The molecule has 1 fully saturated rings. The van der Waals surface area contributed by atoms with Gasteiger partial charge in [-0.15, -0.1) is 0 Å². The number of thioether (sulfide) groups is 1. The van der Waals surface area contributed by atoms with Crippen LogP contribution in [0.5, 0.6) is 5.75 Å². The number of nitrogens with zero attached hydrogens (tertiary/aromatic N) is 2. The van der Waals surface area contributed by atoms with Gasteiger partial charge in [-0.1, -0.05) is 17.3 Å². The highest BCUT2D eigenvalue weighted by atomic mass is 32.2. The van der Waals surface area contributed by atoms with Gasteiger partial charge in [0.2, 0.25) is 5.89 Å². The highest BCUT2D eigenvalue weighted by Gasteiger charge is 2.24.